The minimum atomic E-state index is -2.83. The molecule has 18 heavy (non-hydrogen) atoms. The van der Waals surface area contributed by atoms with Crippen molar-refractivity contribution >= 4 is 9.84 Å². The Kier molecular flexibility index (Phi) is 7.14. The molecule has 1 saturated heterocycles. The van der Waals surface area contributed by atoms with Crippen LogP contribution in [0.15, 0.2) is 0 Å². The van der Waals surface area contributed by atoms with Gasteiger partial charge in [-0.25, -0.2) is 8.42 Å². The summed E-state index contributed by atoms with van der Waals surface area (Å²) < 4.78 is 23.3. The van der Waals surface area contributed by atoms with Gasteiger partial charge in [-0.15, -0.1) is 0 Å². The third-order valence-electron chi connectivity index (χ3n) is 3.38. The molecule has 0 aromatic heterocycles. The molecule has 0 saturated carbocycles. The van der Waals surface area contributed by atoms with E-state index in [1.54, 1.807) is 0 Å². The third-order valence-corrected chi connectivity index (χ3v) is 5.21. The van der Waals surface area contributed by atoms with Gasteiger partial charge in [-0.3, -0.25) is 4.90 Å². The van der Waals surface area contributed by atoms with Crippen LogP contribution in [0.4, 0.5) is 0 Å². The zero-order valence-corrected chi connectivity index (χ0v) is 12.3. The van der Waals surface area contributed by atoms with Gasteiger partial charge in [-0.2, -0.15) is 0 Å². The van der Waals surface area contributed by atoms with E-state index in [1.165, 1.54) is 0 Å². The fourth-order valence-corrected chi connectivity index (χ4v) is 3.60. The van der Waals surface area contributed by atoms with Crippen LogP contribution in [-0.4, -0.2) is 75.5 Å². The molecule has 1 aliphatic rings. The van der Waals surface area contributed by atoms with Crippen molar-refractivity contribution in [1.82, 2.24) is 9.80 Å². The van der Waals surface area contributed by atoms with Crippen molar-refractivity contribution in [3.63, 3.8) is 0 Å². The van der Waals surface area contributed by atoms with Crippen LogP contribution in [0.3, 0.4) is 0 Å². The normalized spacial score (nSPS) is 19.2. The number of sulfone groups is 1. The van der Waals surface area contributed by atoms with Crippen LogP contribution in [0.25, 0.3) is 0 Å². The van der Waals surface area contributed by atoms with E-state index in [4.69, 9.17) is 5.73 Å². The first-order valence-corrected chi connectivity index (χ1v) is 8.74. The van der Waals surface area contributed by atoms with Crippen LogP contribution in [0.1, 0.15) is 19.8 Å². The van der Waals surface area contributed by atoms with E-state index in [2.05, 4.69) is 9.80 Å². The van der Waals surface area contributed by atoms with Gasteiger partial charge in [0.1, 0.15) is 0 Å². The predicted octanol–water partition coefficient (Wildman–Crippen LogP) is -0.222. The summed E-state index contributed by atoms with van der Waals surface area (Å²) in [6.07, 6.45) is 1.76. The topological polar surface area (TPSA) is 66.6 Å². The molecule has 0 aromatic carbocycles. The SMILES string of the molecule is CCCS(=O)(=O)CCN1CCN(CCCN)CC1. The van der Waals surface area contributed by atoms with Gasteiger partial charge in [0.05, 0.1) is 5.75 Å². The Bertz CT molecular complexity index is 311. The van der Waals surface area contributed by atoms with Gasteiger partial charge in [0.15, 0.2) is 9.84 Å². The smallest absolute Gasteiger partial charge is 0.151 e. The second kappa shape index (κ2) is 8.09. The van der Waals surface area contributed by atoms with Crippen molar-refractivity contribution in [1.29, 1.82) is 0 Å². The highest BCUT2D eigenvalue weighted by molar-refractivity contribution is 7.91. The number of rotatable bonds is 8. The molecule has 1 fully saturated rings. The first-order chi connectivity index (χ1) is 8.57. The predicted molar refractivity (Wildman–Crippen MR) is 75.5 cm³/mol. The van der Waals surface area contributed by atoms with Gasteiger partial charge in [0, 0.05) is 38.5 Å². The molecule has 1 aliphatic heterocycles. The summed E-state index contributed by atoms with van der Waals surface area (Å²) in [6, 6.07) is 0. The maximum absolute atomic E-state index is 11.6. The van der Waals surface area contributed by atoms with Crippen LogP contribution in [0.2, 0.25) is 0 Å². The lowest BCUT2D eigenvalue weighted by Crippen LogP contribution is -2.48. The summed E-state index contributed by atoms with van der Waals surface area (Å²) in [7, 11) is -2.83. The van der Waals surface area contributed by atoms with Gasteiger partial charge in [-0.1, -0.05) is 6.92 Å². The highest BCUT2D eigenvalue weighted by Gasteiger charge is 2.18. The lowest BCUT2D eigenvalue weighted by Gasteiger charge is -2.34. The van der Waals surface area contributed by atoms with Crippen LogP contribution in [0, 0.1) is 0 Å². The summed E-state index contributed by atoms with van der Waals surface area (Å²) in [5.41, 5.74) is 5.49. The molecule has 0 radical (unpaired) electrons. The van der Waals surface area contributed by atoms with Crippen molar-refractivity contribution in [3.8, 4) is 0 Å². The molecule has 0 aliphatic carbocycles. The summed E-state index contributed by atoms with van der Waals surface area (Å²) in [4.78, 5) is 4.66. The summed E-state index contributed by atoms with van der Waals surface area (Å²) >= 11 is 0. The molecule has 108 valence electrons. The Balaban J connectivity index is 2.19. The molecule has 0 unspecified atom stereocenters. The molecule has 0 atom stereocenters. The molecule has 0 amide bonds. The number of nitrogens with two attached hydrogens (primary N) is 1. The molecule has 1 heterocycles. The molecule has 1 rings (SSSR count). The van der Waals surface area contributed by atoms with Crippen molar-refractivity contribution in [2.75, 3.05) is 57.3 Å². The second-order valence-electron chi connectivity index (χ2n) is 4.98. The van der Waals surface area contributed by atoms with Crippen molar-refractivity contribution in [2.24, 2.45) is 5.73 Å². The number of nitrogens with zero attached hydrogens (tertiary/aromatic N) is 2. The first kappa shape index (κ1) is 15.9. The second-order valence-corrected chi connectivity index (χ2v) is 7.28. The third kappa shape index (κ3) is 6.13. The maximum atomic E-state index is 11.6. The Labute approximate surface area is 111 Å². The van der Waals surface area contributed by atoms with Gasteiger partial charge in [-0.05, 0) is 25.9 Å². The van der Waals surface area contributed by atoms with Crippen molar-refractivity contribution < 1.29 is 8.42 Å². The van der Waals surface area contributed by atoms with Gasteiger partial charge in [0.2, 0.25) is 0 Å². The molecule has 0 aromatic rings. The van der Waals surface area contributed by atoms with Gasteiger partial charge < -0.3 is 10.6 Å². The Hall–Kier alpha value is -0.170. The Morgan fingerprint density at radius 2 is 1.56 bits per heavy atom. The van der Waals surface area contributed by atoms with E-state index in [9.17, 15) is 8.42 Å². The highest BCUT2D eigenvalue weighted by Crippen LogP contribution is 2.03. The van der Waals surface area contributed by atoms with Crippen molar-refractivity contribution in [3.05, 3.63) is 0 Å². The Morgan fingerprint density at radius 1 is 1.00 bits per heavy atom. The summed E-state index contributed by atoms with van der Waals surface area (Å²) in [6.45, 7) is 8.44. The lowest BCUT2D eigenvalue weighted by atomic mass is 10.3. The molecule has 0 spiro atoms. The first-order valence-electron chi connectivity index (χ1n) is 6.92. The van der Waals surface area contributed by atoms with E-state index in [-0.39, 0.29) is 0 Å². The minimum absolute atomic E-state index is 0.309. The lowest BCUT2D eigenvalue weighted by molar-refractivity contribution is 0.137. The van der Waals surface area contributed by atoms with E-state index >= 15 is 0 Å². The molecular formula is C12H27N3O2S. The average Bonchev–Trinajstić information content (AvgIpc) is 2.35. The van der Waals surface area contributed by atoms with E-state index in [1.807, 2.05) is 6.92 Å². The fourth-order valence-electron chi connectivity index (χ4n) is 2.23. The maximum Gasteiger partial charge on any atom is 0.151 e. The number of hydrogen-bond donors (Lipinski definition) is 1. The largest absolute Gasteiger partial charge is 0.330 e. The summed E-state index contributed by atoms with van der Waals surface area (Å²) in [5.74, 6) is 0.632. The monoisotopic (exact) mass is 277 g/mol. The van der Waals surface area contributed by atoms with E-state index in [0.29, 0.717) is 18.1 Å². The standard InChI is InChI=1S/C12H27N3O2S/c1-2-11-18(16,17)12-10-15-8-6-14(7-9-15)5-3-4-13/h2-13H2,1H3. The highest BCUT2D eigenvalue weighted by atomic mass is 32.2. The number of hydrogen-bond acceptors (Lipinski definition) is 5. The fraction of sp³-hybridized carbons (Fsp3) is 1.00. The zero-order valence-electron chi connectivity index (χ0n) is 11.5. The van der Waals surface area contributed by atoms with E-state index < -0.39 is 9.84 Å². The van der Waals surface area contributed by atoms with Crippen LogP contribution < -0.4 is 5.73 Å². The van der Waals surface area contributed by atoms with Crippen LogP contribution in [0.5, 0.6) is 0 Å². The van der Waals surface area contributed by atoms with E-state index in [0.717, 1.165) is 52.1 Å². The Morgan fingerprint density at radius 3 is 2.06 bits per heavy atom. The zero-order chi connectivity index (χ0) is 13.4. The van der Waals surface area contributed by atoms with Crippen LogP contribution in [-0.2, 0) is 9.84 Å². The number of piperazine rings is 1. The average molecular weight is 277 g/mol. The van der Waals surface area contributed by atoms with Gasteiger partial charge in [0.25, 0.3) is 0 Å². The summed E-state index contributed by atoms with van der Waals surface area (Å²) in [5, 5.41) is 0. The molecule has 0 bridgehead atoms. The van der Waals surface area contributed by atoms with Crippen molar-refractivity contribution in [2.45, 2.75) is 19.8 Å². The molecule has 5 nitrogen and oxygen atoms in total. The minimum Gasteiger partial charge on any atom is -0.330 e. The van der Waals surface area contributed by atoms with Gasteiger partial charge >= 0.3 is 0 Å². The molecular weight excluding hydrogens is 250 g/mol. The quantitative estimate of drug-likeness (QED) is 0.664. The molecule has 2 N–H and O–H groups in total. The molecule has 6 heteroatoms. The van der Waals surface area contributed by atoms with Crippen LogP contribution >= 0.6 is 0 Å².